The zero-order valence-corrected chi connectivity index (χ0v) is 13.0. The number of aromatic nitrogens is 2. The molecule has 7 nitrogen and oxygen atoms in total. The number of ether oxygens (including phenoxy) is 1. The fourth-order valence-electron chi connectivity index (χ4n) is 2.07. The first-order valence-electron chi connectivity index (χ1n) is 6.14. The van der Waals surface area contributed by atoms with Crippen molar-refractivity contribution in [1.82, 2.24) is 14.7 Å². The third-order valence-electron chi connectivity index (χ3n) is 2.82. The van der Waals surface area contributed by atoms with E-state index in [4.69, 9.17) is 4.74 Å². The molecule has 1 aliphatic heterocycles. The maximum Gasteiger partial charge on any atom is 0.411 e. The van der Waals surface area contributed by atoms with Crippen molar-refractivity contribution in [3.8, 4) is 0 Å². The maximum absolute atomic E-state index is 12.2. The molecule has 0 fully saturated rings. The molecule has 2 heterocycles. The molecular weight excluding hydrogens is 330 g/mol. The number of fused-ring (bicyclic) bond motifs is 1. The van der Waals surface area contributed by atoms with Crippen LogP contribution in [0.4, 0.5) is 4.79 Å². The van der Waals surface area contributed by atoms with Gasteiger partial charge in [-0.2, -0.15) is 5.10 Å². The van der Waals surface area contributed by atoms with Crippen molar-refractivity contribution in [3.05, 3.63) is 16.4 Å². The molecule has 1 atom stereocenters. The predicted molar refractivity (Wildman–Crippen MR) is 73.2 cm³/mol. The summed E-state index contributed by atoms with van der Waals surface area (Å²) in [4.78, 5) is 24.9. The lowest BCUT2D eigenvalue weighted by Crippen LogP contribution is -2.47. The lowest BCUT2D eigenvalue weighted by Gasteiger charge is -2.35. The minimum atomic E-state index is -1.11. The highest BCUT2D eigenvalue weighted by molar-refractivity contribution is 9.10. The summed E-state index contributed by atoms with van der Waals surface area (Å²) in [6, 6.07) is -1.10. The molecule has 20 heavy (non-hydrogen) atoms. The molecule has 0 radical (unpaired) electrons. The zero-order valence-electron chi connectivity index (χ0n) is 11.5. The molecule has 1 aromatic rings. The van der Waals surface area contributed by atoms with Crippen LogP contribution in [0.1, 0.15) is 32.5 Å². The molecule has 0 spiro atoms. The van der Waals surface area contributed by atoms with Gasteiger partial charge in [0, 0.05) is 6.54 Å². The molecule has 1 N–H and O–H groups in total. The van der Waals surface area contributed by atoms with Gasteiger partial charge in [0.25, 0.3) is 0 Å². The molecule has 110 valence electrons. The zero-order chi connectivity index (χ0) is 15.1. The normalized spacial score (nSPS) is 18.6. The van der Waals surface area contributed by atoms with Gasteiger partial charge >= 0.3 is 12.1 Å². The second kappa shape index (κ2) is 5.08. The van der Waals surface area contributed by atoms with Gasteiger partial charge < -0.3 is 9.84 Å². The molecule has 0 saturated heterocycles. The summed E-state index contributed by atoms with van der Waals surface area (Å²) in [5.74, 6) is -1.11. The summed E-state index contributed by atoms with van der Waals surface area (Å²) in [7, 11) is 0. The number of rotatable bonds is 1. The highest BCUT2D eigenvalue weighted by Crippen LogP contribution is 2.32. The molecular formula is C12H16BrN3O4. The third kappa shape index (κ3) is 2.79. The van der Waals surface area contributed by atoms with Crippen LogP contribution in [0, 0.1) is 0 Å². The van der Waals surface area contributed by atoms with Gasteiger partial charge in [-0.25, -0.2) is 9.59 Å². The van der Waals surface area contributed by atoms with E-state index in [9.17, 15) is 14.7 Å². The Morgan fingerprint density at radius 1 is 1.45 bits per heavy atom. The second-order valence-electron chi connectivity index (χ2n) is 5.52. The van der Waals surface area contributed by atoms with Gasteiger partial charge in [0.1, 0.15) is 5.60 Å². The molecule has 0 bridgehead atoms. The van der Waals surface area contributed by atoms with Crippen LogP contribution in [0.5, 0.6) is 0 Å². The highest BCUT2D eigenvalue weighted by atomic mass is 79.9. The monoisotopic (exact) mass is 345 g/mol. The van der Waals surface area contributed by atoms with E-state index in [0.29, 0.717) is 16.7 Å². The standard InChI is InChI=1S/C12H16BrN3O4/c1-12(2,3)20-11(19)15-4-5-16-8(7(13)6-14-16)9(15)10(17)18/h6,9H,4-5H2,1-3H3,(H,17,18). The Morgan fingerprint density at radius 3 is 2.65 bits per heavy atom. The molecule has 0 aromatic carbocycles. The summed E-state index contributed by atoms with van der Waals surface area (Å²) >= 11 is 3.27. The van der Waals surface area contributed by atoms with Crippen molar-refractivity contribution in [2.75, 3.05) is 6.54 Å². The number of carboxylic acid groups (broad SMARTS) is 1. The van der Waals surface area contributed by atoms with Crippen LogP contribution in [-0.4, -0.2) is 44.0 Å². The summed E-state index contributed by atoms with van der Waals surface area (Å²) in [5.41, 5.74) is -0.218. The molecule has 1 unspecified atom stereocenters. The molecule has 1 amide bonds. The minimum absolute atomic E-state index is 0.243. The van der Waals surface area contributed by atoms with E-state index in [1.807, 2.05) is 0 Å². The lowest BCUT2D eigenvalue weighted by molar-refractivity contribution is -0.144. The Bertz CT molecular complexity index is 549. The Hall–Kier alpha value is -1.57. The molecule has 8 heteroatoms. The van der Waals surface area contributed by atoms with Gasteiger partial charge in [0.05, 0.1) is 22.9 Å². The Kier molecular flexibility index (Phi) is 3.77. The SMILES string of the molecule is CC(C)(C)OC(=O)N1CCn2ncc(Br)c2C1C(=O)O. The average molecular weight is 346 g/mol. The predicted octanol–water partition coefficient (Wildman–Crippen LogP) is 2.02. The van der Waals surface area contributed by atoms with Gasteiger partial charge in [-0.05, 0) is 36.7 Å². The summed E-state index contributed by atoms with van der Waals surface area (Å²) < 4.78 is 7.42. The number of aliphatic carboxylic acids is 1. The van der Waals surface area contributed by atoms with Crippen molar-refractivity contribution in [3.63, 3.8) is 0 Å². The highest BCUT2D eigenvalue weighted by Gasteiger charge is 2.40. The quantitative estimate of drug-likeness (QED) is 0.841. The number of hydrogen-bond donors (Lipinski definition) is 1. The van der Waals surface area contributed by atoms with Crippen LogP contribution in [0.3, 0.4) is 0 Å². The largest absolute Gasteiger partial charge is 0.479 e. The topological polar surface area (TPSA) is 84.7 Å². The number of amides is 1. The number of carbonyl (C=O) groups is 2. The number of carboxylic acids is 1. The van der Waals surface area contributed by atoms with Crippen LogP contribution in [0.25, 0.3) is 0 Å². The number of nitrogens with zero attached hydrogens (tertiary/aromatic N) is 3. The number of carbonyl (C=O) groups excluding carboxylic acids is 1. The van der Waals surface area contributed by atoms with Gasteiger partial charge in [0.2, 0.25) is 0 Å². The van der Waals surface area contributed by atoms with Crippen LogP contribution < -0.4 is 0 Å². The average Bonchev–Trinajstić information content (AvgIpc) is 2.67. The first kappa shape index (κ1) is 14.8. The van der Waals surface area contributed by atoms with Gasteiger partial charge in [-0.15, -0.1) is 0 Å². The van der Waals surface area contributed by atoms with Gasteiger partial charge in [-0.3, -0.25) is 9.58 Å². The molecule has 0 saturated carbocycles. The first-order chi connectivity index (χ1) is 9.20. The summed E-state index contributed by atoms with van der Waals surface area (Å²) in [6.45, 7) is 5.90. The maximum atomic E-state index is 12.2. The van der Waals surface area contributed by atoms with E-state index < -0.39 is 23.7 Å². The van der Waals surface area contributed by atoms with Crippen LogP contribution >= 0.6 is 15.9 Å². The van der Waals surface area contributed by atoms with E-state index in [0.717, 1.165) is 0 Å². The molecule has 1 aliphatic rings. The Morgan fingerprint density at radius 2 is 2.10 bits per heavy atom. The van der Waals surface area contributed by atoms with Crippen molar-refractivity contribution < 1.29 is 19.4 Å². The number of halogens is 1. The summed E-state index contributed by atoms with van der Waals surface area (Å²) in [6.07, 6.45) is 0.897. The lowest BCUT2D eigenvalue weighted by atomic mass is 10.1. The smallest absolute Gasteiger partial charge is 0.411 e. The Labute approximate surface area is 124 Å². The first-order valence-corrected chi connectivity index (χ1v) is 6.93. The van der Waals surface area contributed by atoms with Crippen LogP contribution in [-0.2, 0) is 16.1 Å². The summed E-state index contributed by atoms with van der Waals surface area (Å²) in [5, 5.41) is 13.5. The molecule has 0 aliphatic carbocycles. The van der Waals surface area contributed by atoms with E-state index in [1.54, 1.807) is 25.5 Å². The van der Waals surface area contributed by atoms with Crippen LogP contribution in [0.2, 0.25) is 0 Å². The second-order valence-corrected chi connectivity index (χ2v) is 6.37. The van der Waals surface area contributed by atoms with Crippen molar-refractivity contribution >= 4 is 28.0 Å². The van der Waals surface area contributed by atoms with Crippen molar-refractivity contribution in [1.29, 1.82) is 0 Å². The fraction of sp³-hybridized carbons (Fsp3) is 0.583. The van der Waals surface area contributed by atoms with E-state index >= 15 is 0 Å². The van der Waals surface area contributed by atoms with Crippen molar-refractivity contribution in [2.45, 2.75) is 39.0 Å². The molecule has 1 aromatic heterocycles. The third-order valence-corrected chi connectivity index (χ3v) is 3.43. The van der Waals surface area contributed by atoms with Crippen LogP contribution in [0.15, 0.2) is 10.7 Å². The van der Waals surface area contributed by atoms with E-state index in [2.05, 4.69) is 21.0 Å². The van der Waals surface area contributed by atoms with Gasteiger partial charge in [0.15, 0.2) is 6.04 Å². The molecule has 2 rings (SSSR count). The Balaban J connectivity index is 2.34. The fourth-order valence-corrected chi connectivity index (χ4v) is 2.58. The van der Waals surface area contributed by atoms with E-state index in [1.165, 1.54) is 11.1 Å². The van der Waals surface area contributed by atoms with E-state index in [-0.39, 0.29) is 6.54 Å². The van der Waals surface area contributed by atoms with Gasteiger partial charge in [-0.1, -0.05) is 0 Å². The minimum Gasteiger partial charge on any atom is -0.479 e. The van der Waals surface area contributed by atoms with Crippen molar-refractivity contribution in [2.24, 2.45) is 0 Å². The number of hydrogen-bond acceptors (Lipinski definition) is 4.